The van der Waals surface area contributed by atoms with E-state index in [0.29, 0.717) is 23.3 Å². The van der Waals surface area contributed by atoms with E-state index in [9.17, 15) is 13.2 Å². The van der Waals surface area contributed by atoms with Crippen LogP contribution in [-0.2, 0) is 6.18 Å². The molecule has 0 amide bonds. The van der Waals surface area contributed by atoms with Crippen LogP contribution in [0.1, 0.15) is 82.3 Å². The predicted molar refractivity (Wildman–Crippen MR) is 121 cm³/mol. The number of rotatable bonds is 3. The van der Waals surface area contributed by atoms with Crippen LogP contribution in [0.3, 0.4) is 0 Å². The molecule has 2 aliphatic rings. The van der Waals surface area contributed by atoms with Gasteiger partial charge < -0.3 is 0 Å². The molecule has 0 aromatic heterocycles. The molecule has 0 atom stereocenters. The molecule has 0 radical (unpaired) electrons. The van der Waals surface area contributed by atoms with Crippen LogP contribution < -0.4 is 0 Å². The zero-order valence-corrected chi connectivity index (χ0v) is 18.5. The zero-order valence-electron chi connectivity index (χ0n) is 18.5. The highest BCUT2D eigenvalue weighted by Gasteiger charge is 2.29. The molecule has 0 aliphatic heterocycles. The normalized spacial score (nSPS) is 26.6. The summed E-state index contributed by atoms with van der Waals surface area (Å²) in [6, 6.07) is 4.99. The number of halogens is 3. The summed E-state index contributed by atoms with van der Waals surface area (Å²) >= 11 is 0. The third-order valence-corrected chi connectivity index (χ3v) is 6.69. The Kier molecular flexibility index (Phi) is 8.71. The molecule has 0 saturated heterocycles. The van der Waals surface area contributed by atoms with Crippen molar-refractivity contribution in [3.05, 3.63) is 47.5 Å². The summed E-state index contributed by atoms with van der Waals surface area (Å²) in [7, 11) is 0. The fourth-order valence-corrected chi connectivity index (χ4v) is 4.75. The SMILES string of the molecule is CCC[C@H]1CC[C@H](C#CC2CCC(/C=C/C#Cc3ccc(C(F)(F)F)cc3)CC2)CC1. The molecule has 0 heterocycles. The fraction of sp³-hybridized carbons (Fsp3) is 0.571. The van der Waals surface area contributed by atoms with Gasteiger partial charge >= 0.3 is 6.18 Å². The molecule has 3 rings (SSSR count). The number of allylic oxidation sites excluding steroid dienone is 2. The van der Waals surface area contributed by atoms with Crippen molar-refractivity contribution in [2.45, 2.75) is 77.3 Å². The molecule has 0 bridgehead atoms. The topological polar surface area (TPSA) is 0 Å². The molecule has 0 nitrogen and oxygen atoms in total. The minimum Gasteiger partial charge on any atom is -0.166 e. The van der Waals surface area contributed by atoms with Gasteiger partial charge in [-0.1, -0.05) is 49.5 Å². The molecule has 166 valence electrons. The van der Waals surface area contributed by atoms with Gasteiger partial charge in [-0.15, -0.1) is 0 Å². The van der Waals surface area contributed by atoms with Gasteiger partial charge in [0.1, 0.15) is 0 Å². The first-order chi connectivity index (χ1) is 14.9. The van der Waals surface area contributed by atoms with Gasteiger partial charge in [-0.3, -0.25) is 0 Å². The van der Waals surface area contributed by atoms with E-state index in [1.54, 1.807) is 0 Å². The van der Waals surface area contributed by atoms with Crippen molar-refractivity contribution < 1.29 is 13.2 Å². The van der Waals surface area contributed by atoms with Crippen LogP contribution in [-0.4, -0.2) is 0 Å². The molecule has 0 N–H and O–H groups in total. The van der Waals surface area contributed by atoms with Gasteiger partial charge in [-0.05, 0) is 93.5 Å². The lowest BCUT2D eigenvalue weighted by molar-refractivity contribution is -0.137. The Morgan fingerprint density at radius 2 is 1.45 bits per heavy atom. The van der Waals surface area contributed by atoms with Crippen molar-refractivity contribution >= 4 is 0 Å². The molecule has 31 heavy (non-hydrogen) atoms. The monoisotopic (exact) mass is 426 g/mol. The summed E-state index contributed by atoms with van der Waals surface area (Å²) in [6.45, 7) is 2.28. The minimum absolute atomic E-state index is 0.532. The van der Waals surface area contributed by atoms with E-state index < -0.39 is 11.7 Å². The van der Waals surface area contributed by atoms with Crippen molar-refractivity contribution in [1.29, 1.82) is 0 Å². The Morgan fingerprint density at radius 3 is 2.00 bits per heavy atom. The minimum atomic E-state index is -4.30. The van der Waals surface area contributed by atoms with Gasteiger partial charge in [0.2, 0.25) is 0 Å². The lowest BCUT2D eigenvalue weighted by atomic mass is 9.79. The maximum absolute atomic E-state index is 12.6. The summed E-state index contributed by atoms with van der Waals surface area (Å²) < 4.78 is 37.8. The highest BCUT2D eigenvalue weighted by atomic mass is 19.4. The molecule has 1 aromatic carbocycles. The van der Waals surface area contributed by atoms with Crippen molar-refractivity contribution in [3.63, 3.8) is 0 Å². The largest absolute Gasteiger partial charge is 0.416 e. The molecule has 0 spiro atoms. The summed E-state index contributed by atoms with van der Waals surface area (Å²) in [5.41, 5.74) is -0.0435. The van der Waals surface area contributed by atoms with Crippen LogP contribution in [0.2, 0.25) is 0 Å². The van der Waals surface area contributed by atoms with E-state index in [1.807, 2.05) is 6.08 Å². The summed E-state index contributed by atoms with van der Waals surface area (Å²) in [6.07, 6.45) is 12.3. The number of hydrogen-bond acceptors (Lipinski definition) is 0. The summed E-state index contributed by atoms with van der Waals surface area (Å²) in [5, 5.41) is 0. The Morgan fingerprint density at radius 1 is 0.871 bits per heavy atom. The van der Waals surface area contributed by atoms with Crippen molar-refractivity contribution in [3.8, 4) is 23.7 Å². The van der Waals surface area contributed by atoms with Crippen molar-refractivity contribution in [1.82, 2.24) is 0 Å². The van der Waals surface area contributed by atoms with E-state index in [-0.39, 0.29) is 0 Å². The van der Waals surface area contributed by atoms with Crippen LogP contribution in [0.25, 0.3) is 0 Å². The van der Waals surface area contributed by atoms with Crippen LogP contribution in [0.15, 0.2) is 36.4 Å². The molecule has 3 heteroatoms. The van der Waals surface area contributed by atoms with Crippen LogP contribution in [0, 0.1) is 47.4 Å². The van der Waals surface area contributed by atoms with E-state index in [1.165, 1.54) is 50.7 Å². The van der Waals surface area contributed by atoms with Crippen LogP contribution in [0.4, 0.5) is 13.2 Å². The number of benzene rings is 1. The maximum atomic E-state index is 12.6. The summed E-state index contributed by atoms with van der Waals surface area (Å²) in [5.74, 6) is 15.7. The first-order valence-electron chi connectivity index (χ1n) is 11.8. The molecule has 1 aromatic rings. The maximum Gasteiger partial charge on any atom is 0.416 e. The van der Waals surface area contributed by atoms with E-state index >= 15 is 0 Å². The zero-order chi connectivity index (χ0) is 22.1. The standard InChI is InChI=1S/C28H33F3/c1-2-5-22-8-12-25(13-9-22)16-17-26-14-10-23(11-15-26)6-3-4-7-24-18-20-27(21-19-24)28(29,30)31/h3,6,18-23,25-26H,2,5,8-15H2,1H3/b6-3+/t22-,23?,25-,26?. The third kappa shape index (κ3) is 7.81. The highest BCUT2D eigenvalue weighted by Crippen LogP contribution is 2.33. The van der Waals surface area contributed by atoms with Crippen molar-refractivity contribution in [2.24, 2.45) is 23.7 Å². The predicted octanol–water partition coefficient (Wildman–Crippen LogP) is 8.03. The Labute approximate surface area is 185 Å². The quantitative estimate of drug-likeness (QED) is 0.429. The Hall–Kier alpha value is -2.13. The molecule has 2 saturated carbocycles. The van der Waals surface area contributed by atoms with Crippen LogP contribution in [0.5, 0.6) is 0 Å². The second kappa shape index (κ2) is 11.5. The number of alkyl halides is 3. The lowest BCUT2D eigenvalue weighted by Gasteiger charge is -2.26. The first kappa shape index (κ1) is 23.5. The van der Waals surface area contributed by atoms with Gasteiger partial charge in [-0.2, -0.15) is 13.2 Å². The molecule has 2 fully saturated rings. The molecular formula is C28H33F3. The van der Waals surface area contributed by atoms with E-state index in [2.05, 4.69) is 36.7 Å². The van der Waals surface area contributed by atoms with Crippen LogP contribution >= 0.6 is 0 Å². The van der Waals surface area contributed by atoms with Gasteiger partial charge in [-0.25, -0.2) is 0 Å². The smallest absolute Gasteiger partial charge is 0.166 e. The van der Waals surface area contributed by atoms with E-state index in [0.717, 1.165) is 43.7 Å². The van der Waals surface area contributed by atoms with Gasteiger partial charge in [0.05, 0.1) is 5.56 Å². The second-order valence-electron chi connectivity index (χ2n) is 9.11. The molecular weight excluding hydrogens is 393 g/mol. The van der Waals surface area contributed by atoms with Crippen molar-refractivity contribution in [2.75, 3.05) is 0 Å². The Balaban J connectivity index is 1.39. The summed E-state index contributed by atoms with van der Waals surface area (Å²) in [4.78, 5) is 0. The Bertz CT molecular complexity index is 823. The third-order valence-electron chi connectivity index (χ3n) is 6.69. The first-order valence-corrected chi connectivity index (χ1v) is 11.8. The van der Waals surface area contributed by atoms with Gasteiger partial charge in [0.15, 0.2) is 0 Å². The molecule has 0 unspecified atom stereocenters. The number of hydrogen-bond donors (Lipinski definition) is 0. The fourth-order valence-electron chi connectivity index (χ4n) is 4.75. The average molecular weight is 427 g/mol. The highest BCUT2D eigenvalue weighted by molar-refractivity contribution is 5.39. The van der Waals surface area contributed by atoms with Gasteiger partial charge in [0, 0.05) is 17.4 Å². The second-order valence-corrected chi connectivity index (χ2v) is 9.11. The molecule has 2 aliphatic carbocycles. The average Bonchev–Trinajstić information content (AvgIpc) is 2.77. The van der Waals surface area contributed by atoms with E-state index in [4.69, 9.17) is 0 Å². The lowest BCUT2D eigenvalue weighted by Crippen LogP contribution is -2.14. The van der Waals surface area contributed by atoms with Gasteiger partial charge in [0.25, 0.3) is 0 Å².